The SMILES string of the molecule is [CH2]C(CCC1C2CC3CC(C2)CC1C3)C1C2CC3CC(C2)CC1C3. The summed E-state index contributed by atoms with van der Waals surface area (Å²) in [6.45, 7) is 4.79. The Balaban J connectivity index is 1.11. The summed E-state index contributed by atoms with van der Waals surface area (Å²) >= 11 is 0. The van der Waals surface area contributed by atoms with Crippen molar-refractivity contribution in [3.8, 4) is 0 Å². The third kappa shape index (κ3) is 2.30. The summed E-state index contributed by atoms with van der Waals surface area (Å²) in [5.74, 6) is 11.9. The third-order valence-electron chi connectivity index (χ3n) is 10.1. The second-order valence-electron chi connectivity index (χ2n) is 11.4. The lowest BCUT2D eigenvalue weighted by Crippen LogP contribution is -2.48. The van der Waals surface area contributed by atoms with Gasteiger partial charge in [0, 0.05) is 0 Å². The summed E-state index contributed by atoms with van der Waals surface area (Å²) in [5, 5.41) is 0. The van der Waals surface area contributed by atoms with Crippen LogP contribution in [0.1, 0.15) is 77.0 Å². The molecule has 0 heteroatoms. The van der Waals surface area contributed by atoms with Crippen molar-refractivity contribution in [1.82, 2.24) is 0 Å². The fourth-order valence-electron chi connectivity index (χ4n) is 9.85. The molecule has 0 amide bonds. The minimum Gasteiger partial charge on any atom is -0.0499 e. The second-order valence-corrected chi connectivity index (χ2v) is 11.4. The van der Waals surface area contributed by atoms with Crippen molar-refractivity contribution in [2.75, 3.05) is 0 Å². The van der Waals surface area contributed by atoms with Crippen LogP contribution < -0.4 is 0 Å². The quantitative estimate of drug-likeness (QED) is 0.564. The van der Waals surface area contributed by atoms with Crippen LogP contribution in [0.4, 0.5) is 0 Å². The standard InChI is InChI=1S/C24H37/c1-14(24-21-10-17-5-18(12-21)13-22(24)11-17)2-3-23-19-6-15-4-16(8-19)9-20(23)7-15/h14-24H,1-13H2. The van der Waals surface area contributed by atoms with E-state index in [1.54, 1.807) is 70.6 Å². The molecule has 0 nitrogen and oxygen atoms in total. The van der Waals surface area contributed by atoms with E-state index in [4.69, 9.17) is 6.92 Å². The third-order valence-corrected chi connectivity index (χ3v) is 10.1. The van der Waals surface area contributed by atoms with Crippen LogP contribution in [-0.4, -0.2) is 0 Å². The van der Waals surface area contributed by atoms with Crippen LogP contribution in [0, 0.1) is 72.0 Å². The van der Waals surface area contributed by atoms with E-state index in [1.807, 2.05) is 0 Å². The van der Waals surface area contributed by atoms with Gasteiger partial charge < -0.3 is 0 Å². The molecule has 1 atom stereocenters. The van der Waals surface area contributed by atoms with Gasteiger partial charge in [-0.05, 0) is 149 Å². The Hall–Kier alpha value is 0. The van der Waals surface area contributed by atoms with Gasteiger partial charge in [0.15, 0.2) is 0 Å². The Morgan fingerprint density at radius 1 is 0.583 bits per heavy atom. The summed E-state index contributed by atoms with van der Waals surface area (Å²) in [6.07, 6.45) is 19.0. The van der Waals surface area contributed by atoms with E-state index in [0.717, 1.165) is 65.1 Å². The van der Waals surface area contributed by atoms with Gasteiger partial charge in [0.2, 0.25) is 0 Å². The van der Waals surface area contributed by atoms with Gasteiger partial charge in [-0.2, -0.15) is 0 Å². The topological polar surface area (TPSA) is 0 Å². The van der Waals surface area contributed by atoms with Crippen molar-refractivity contribution in [2.45, 2.75) is 77.0 Å². The van der Waals surface area contributed by atoms with Gasteiger partial charge in [0.25, 0.3) is 0 Å². The second kappa shape index (κ2) is 5.50. The van der Waals surface area contributed by atoms with Crippen molar-refractivity contribution in [3.05, 3.63) is 6.92 Å². The first-order valence-electron chi connectivity index (χ1n) is 11.6. The lowest BCUT2D eigenvalue weighted by molar-refractivity contribution is -0.0641. The molecule has 8 aliphatic carbocycles. The summed E-state index contributed by atoms with van der Waals surface area (Å²) in [7, 11) is 0. The van der Waals surface area contributed by atoms with E-state index < -0.39 is 0 Å². The molecule has 0 aromatic carbocycles. The Kier molecular flexibility index (Phi) is 3.46. The molecule has 8 fully saturated rings. The molecule has 24 heavy (non-hydrogen) atoms. The highest BCUT2D eigenvalue weighted by Crippen LogP contribution is 2.60. The molecule has 8 aliphatic rings. The summed E-state index contributed by atoms with van der Waals surface area (Å²) in [4.78, 5) is 0. The van der Waals surface area contributed by atoms with Gasteiger partial charge in [0.1, 0.15) is 0 Å². The summed E-state index contributed by atoms with van der Waals surface area (Å²) < 4.78 is 0. The highest BCUT2D eigenvalue weighted by atomic mass is 14.6. The van der Waals surface area contributed by atoms with E-state index in [0.29, 0.717) is 0 Å². The van der Waals surface area contributed by atoms with Crippen molar-refractivity contribution in [3.63, 3.8) is 0 Å². The van der Waals surface area contributed by atoms with Gasteiger partial charge in [0.05, 0.1) is 0 Å². The first kappa shape index (κ1) is 15.1. The summed E-state index contributed by atoms with van der Waals surface area (Å²) in [5.41, 5.74) is 0. The Morgan fingerprint density at radius 3 is 1.46 bits per heavy atom. The first-order valence-corrected chi connectivity index (χ1v) is 11.6. The maximum absolute atomic E-state index is 4.79. The van der Waals surface area contributed by atoms with Crippen LogP contribution in [-0.2, 0) is 0 Å². The van der Waals surface area contributed by atoms with Crippen LogP contribution in [0.15, 0.2) is 0 Å². The lowest BCUT2D eigenvalue weighted by atomic mass is 9.48. The van der Waals surface area contributed by atoms with E-state index in [-0.39, 0.29) is 0 Å². The molecule has 0 aliphatic heterocycles. The molecule has 133 valence electrons. The Bertz CT molecular complexity index is 434. The summed E-state index contributed by atoms with van der Waals surface area (Å²) in [6, 6.07) is 0. The largest absolute Gasteiger partial charge is 0.0499 e. The molecule has 1 unspecified atom stereocenters. The maximum atomic E-state index is 4.79. The van der Waals surface area contributed by atoms with Crippen molar-refractivity contribution < 1.29 is 0 Å². The van der Waals surface area contributed by atoms with Gasteiger partial charge in [-0.25, -0.2) is 0 Å². The van der Waals surface area contributed by atoms with E-state index >= 15 is 0 Å². The van der Waals surface area contributed by atoms with Gasteiger partial charge in [-0.3, -0.25) is 0 Å². The highest BCUT2D eigenvalue weighted by Gasteiger charge is 2.51. The zero-order chi connectivity index (χ0) is 15.8. The van der Waals surface area contributed by atoms with E-state index in [9.17, 15) is 0 Å². The number of hydrogen-bond acceptors (Lipinski definition) is 0. The van der Waals surface area contributed by atoms with Crippen molar-refractivity contribution in [1.29, 1.82) is 0 Å². The molecule has 0 aromatic rings. The molecule has 0 N–H and O–H groups in total. The molecule has 8 saturated carbocycles. The van der Waals surface area contributed by atoms with E-state index in [2.05, 4.69) is 0 Å². The predicted octanol–water partition coefficient (Wildman–Crippen LogP) is 6.36. The zero-order valence-electron chi connectivity index (χ0n) is 15.5. The minimum absolute atomic E-state index is 0.789. The number of hydrogen-bond donors (Lipinski definition) is 0. The van der Waals surface area contributed by atoms with Crippen LogP contribution >= 0.6 is 0 Å². The molecule has 0 aromatic heterocycles. The minimum atomic E-state index is 0.789. The molecule has 8 rings (SSSR count). The van der Waals surface area contributed by atoms with Crippen LogP contribution in [0.3, 0.4) is 0 Å². The average molecular weight is 326 g/mol. The Morgan fingerprint density at radius 2 is 1.00 bits per heavy atom. The number of rotatable bonds is 4. The predicted molar refractivity (Wildman–Crippen MR) is 99.2 cm³/mol. The van der Waals surface area contributed by atoms with Gasteiger partial charge in [-0.1, -0.05) is 0 Å². The molecule has 8 bridgehead atoms. The monoisotopic (exact) mass is 325 g/mol. The molecule has 0 saturated heterocycles. The van der Waals surface area contributed by atoms with Crippen molar-refractivity contribution in [2.24, 2.45) is 65.1 Å². The zero-order valence-corrected chi connectivity index (χ0v) is 15.5. The van der Waals surface area contributed by atoms with Gasteiger partial charge in [-0.15, -0.1) is 0 Å². The first-order chi connectivity index (χ1) is 11.7. The van der Waals surface area contributed by atoms with Gasteiger partial charge >= 0.3 is 0 Å². The highest BCUT2D eigenvalue weighted by molar-refractivity contribution is 5.02. The van der Waals surface area contributed by atoms with Crippen LogP contribution in [0.5, 0.6) is 0 Å². The smallest absolute Gasteiger partial charge is 0.0329 e. The van der Waals surface area contributed by atoms with Crippen LogP contribution in [0.25, 0.3) is 0 Å². The normalized spacial score (nSPS) is 58.4. The Labute approximate surface area is 149 Å². The van der Waals surface area contributed by atoms with Crippen molar-refractivity contribution >= 4 is 0 Å². The van der Waals surface area contributed by atoms with E-state index in [1.165, 1.54) is 6.42 Å². The molecule has 1 radical (unpaired) electrons. The molecule has 0 heterocycles. The lowest BCUT2D eigenvalue weighted by Gasteiger charge is -2.57. The average Bonchev–Trinajstić information content (AvgIpc) is 2.52. The molecule has 0 spiro atoms. The molecular weight excluding hydrogens is 288 g/mol. The fraction of sp³-hybridized carbons (Fsp3) is 0.958. The molecular formula is C24H37. The maximum Gasteiger partial charge on any atom is -0.0329 e. The fourth-order valence-corrected chi connectivity index (χ4v) is 9.85. The van der Waals surface area contributed by atoms with Crippen LogP contribution in [0.2, 0.25) is 0 Å².